The zero-order valence-electron chi connectivity index (χ0n) is 14.6. The van der Waals surface area contributed by atoms with Crippen LogP contribution in [0.4, 0.5) is 9.18 Å². The van der Waals surface area contributed by atoms with E-state index in [4.69, 9.17) is 4.74 Å². The van der Waals surface area contributed by atoms with Crippen molar-refractivity contribution in [3.8, 4) is 5.75 Å². The Hall–Kier alpha value is -3.02. The lowest BCUT2D eigenvalue weighted by Crippen LogP contribution is -2.38. The summed E-state index contributed by atoms with van der Waals surface area (Å²) < 4.78 is 18.4. The first-order chi connectivity index (χ1) is 12.6. The van der Waals surface area contributed by atoms with Gasteiger partial charge >= 0.3 is 6.03 Å². The van der Waals surface area contributed by atoms with Crippen LogP contribution >= 0.6 is 0 Å². The maximum absolute atomic E-state index is 13.0. The second-order valence-corrected chi connectivity index (χ2v) is 6.01. The van der Waals surface area contributed by atoms with Gasteiger partial charge in [-0.25, -0.2) is 9.18 Å². The number of hydrogen-bond donors (Lipinski definition) is 3. The molecule has 3 rings (SSSR count). The molecule has 0 saturated carbocycles. The van der Waals surface area contributed by atoms with Crippen LogP contribution in [-0.2, 0) is 6.42 Å². The summed E-state index contributed by atoms with van der Waals surface area (Å²) in [5.74, 6) is 0.0998. The Morgan fingerprint density at radius 3 is 2.77 bits per heavy atom. The van der Waals surface area contributed by atoms with Crippen LogP contribution in [0.5, 0.6) is 5.75 Å². The minimum atomic E-state index is -0.347. The van der Waals surface area contributed by atoms with Crippen LogP contribution in [0.25, 0.3) is 10.9 Å². The predicted octanol–water partition coefficient (Wildman–Crippen LogP) is 3.54. The van der Waals surface area contributed by atoms with Gasteiger partial charge in [0.2, 0.25) is 0 Å². The Morgan fingerprint density at radius 1 is 1.12 bits per heavy atom. The lowest BCUT2D eigenvalue weighted by molar-refractivity contribution is 0.236. The SMILES string of the molecule is Cc1[nH]c2ccccc2c1CCNC(=O)NCCOc1cccc(F)c1. The van der Waals surface area contributed by atoms with Crippen molar-refractivity contribution in [3.05, 3.63) is 65.6 Å². The van der Waals surface area contributed by atoms with E-state index >= 15 is 0 Å². The third-order valence-electron chi connectivity index (χ3n) is 4.14. The van der Waals surface area contributed by atoms with Crippen molar-refractivity contribution in [1.29, 1.82) is 0 Å². The van der Waals surface area contributed by atoms with E-state index in [-0.39, 0.29) is 18.5 Å². The molecule has 26 heavy (non-hydrogen) atoms. The maximum Gasteiger partial charge on any atom is 0.314 e. The third kappa shape index (κ3) is 4.53. The van der Waals surface area contributed by atoms with Crippen LogP contribution in [0.15, 0.2) is 48.5 Å². The molecule has 0 spiro atoms. The van der Waals surface area contributed by atoms with Gasteiger partial charge in [0.05, 0.1) is 6.54 Å². The Morgan fingerprint density at radius 2 is 1.92 bits per heavy atom. The first-order valence-corrected chi connectivity index (χ1v) is 8.60. The van der Waals surface area contributed by atoms with Gasteiger partial charge in [-0.15, -0.1) is 0 Å². The molecule has 1 aromatic heterocycles. The molecule has 0 atom stereocenters. The molecule has 136 valence electrons. The van der Waals surface area contributed by atoms with Crippen molar-refractivity contribution in [2.24, 2.45) is 0 Å². The van der Waals surface area contributed by atoms with Gasteiger partial charge in [-0.05, 0) is 37.1 Å². The molecule has 0 aliphatic carbocycles. The molecule has 0 bridgehead atoms. The topological polar surface area (TPSA) is 66.2 Å². The van der Waals surface area contributed by atoms with E-state index in [1.54, 1.807) is 12.1 Å². The van der Waals surface area contributed by atoms with Crippen LogP contribution in [0.3, 0.4) is 0 Å². The normalized spacial score (nSPS) is 10.7. The summed E-state index contributed by atoms with van der Waals surface area (Å²) in [5.41, 5.74) is 3.45. The Balaban J connectivity index is 1.38. The molecule has 0 aliphatic heterocycles. The minimum Gasteiger partial charge on any atom is -0.492 e. The van der Waals surface area contributed by atoms with Crippen molar-refractivity contribution in [2.75, 3.05) is 19.7 Å². The van der Waals surface area contributed by atoms with Gasteiger partial charge in [0.25, 0.3) is 0 Å². The molecule has 5 nitrogen and oxygen atoms in total. The van der Waals surface area contributed by atoms with Crippen molar-refractivity contribution < 1.29 is 13.9 Å². The lowest BCUT2D eigenvalue weighted by Gasteiger charge is -2.09. The van der Waals surface area contributed by atoms with Gasteiger partial charge in [0.1, 0.15) is 18.2 Å². The zero-order valence-corrected chi connectivity index (χ0v) is 14.6. The third-order valence-corrected chi connectivity index (χ3v) is 4.14. The van der Waals surface area contributed by atoms with E-state index in [0.29, 0.717) is 18.8 Å². The van der Waals surface area contributed by atoms with Gasteiger partial charge in [-0.1, -0.05) is 24.3 Å². The molecule has 1 heterocycles. The van der Waals surface area contributed by atoms with Crippen molar-refractivity contribution in [3.63, 3.8) is 0 Å². The Labute approximate surface area is 151 Å². The Bertz CT molecular complexity index is 892. The van der Waals surface area contributed by atoms with Crippen LogP contribution in [-0.4, -0.2) is 30.7 Å². The number of aryl methyl sites for hydroxylation is 1. The van der Waals surface area contributed by atoms with Gasteiger partial charge in [0, 0.05) is 29.2 Å². The quantitative estimate of drug-likeness (QED) is 0.568. The monoisotopic (exact) mass is 355 g/mol. The number of halogens is 1. The number of para-hydroxylation sites is 1. The number of rotatable bonds is 7. The van der Waals surface area contributed by atoms with Gasteiger partial charge < -0.3 is 20.4 Å². The number of carbonyl (C=O) groups excluding carboxylic acids is 1. The van der Waals surface area contributed by atoms with E-state index in [0.717, 1.165) is 17.6 Å². The average molecular weight is 355 g/mol. The molecule has 0 aliphatic rings. The number of hydrogen-bond acceptors (Lipinski definition) is 2. The number of amides is 2. The average Bonchev–Trinajstić information content (AvgIpc) is 2.94. The van der Waals surface area contributed by atoms with E-state index in [1.165, 1.54) is 23.1 Å². The number of aromatic amines is 1. The summed E-state index contributed by atoms with van der Waals surface area (Å²) in [6.07, 6.45) is 0.753. The number of fused-ring (bicyclic) bond motifs is 1. The lowest BCUT2D eigenvalue weighted by atomic mass is 10.1. The van der Waals surface area contributed by atoms with Crippen molar-refractivity contribution >= 4 is 16.9 Å². The summed E-state index contributed by atoms with van der Waals surface area (Å²) in [5, 5.41) is 6.75. The number of ether oxygens (including phenoxy) is 1. The number of benzene rings is 2. The van der Waals surface area contributed by atoms with Crippen molar-refractivity contribution in [1.82, 2.24) is 15.6 Å². The highest BCUT2D eigenvalue weighted by atomic mass is 19.1. The summed E-state index contributed by atoms with van der Waals surface area (Å²) >= 11 is 0. The molecule has 0 unspecified atom stereocenters. The van der Waals surface area contributed by atoms with Crippen LogP contribution in [0.2, 0.25) is 0 Å². The number of aromatic nitrogens is 1. The van der Waals surface area contributed by atoms with Gasteiger partial charge in [0.15, 0.2) is 0 Å². The smallest absolute Gasteiger partial charge is 0.314 e. The zero-order chi connectivity index (χ0) is 18.4. The summed E-state index contributed by atoms with van der Waals surface area (Å²) in [7, 11) is 0. The molecule has 2 aromatic carbocycles. The molecule has 0 radical (unpaired) electrons. The summed E-state index contributed by atoms with van der Waals surface area (Å²) in [6, 6.07) is 13.8. The fourth-order valence-electron chi connectivity index (χ4n) is 2.91. The number of carbonyl (C=O) groups is 1. The highest BCUT2D eigenvalue weighted by Gasteiger charge is 2.08. The van der Waals surface area contributed by atoms with E-state index in [2.05, 4.69) is 21.7 Å². The highest BCUT2D eigenvalue weighted by Crippen LogP contribution is 2.21. The largest absolute Gasteiger partial charge is 0.492 e. The van der Waals surface area contributed by atoms with Crippen molar-refractivity contribution in [2.45, 2.75) is 13.3 Å². The number of nitrogens with one attached hydrogen (secondary N) is 3. The second kappa shape index (κ2) is 8.38. The highest BCUT2D eigenvalue weighted by molar-refractivity contribution is 5.84. The second-order valence-electron chi connectivity index (χ2n) is 6.01. The number of H-pyrrole nitrogens is 1. The molecule has 3 aromatic rings. The molecule has 2 amide bonds. The van der Waals surface area contributed by atoms with Crippen LogP contribution in [0, 0.1) is 12.7 Å². The van der Waals surface area contributed by atoms with Gasteiger partial charge in [-0.2, -0.15) is 0 Å². The van der Waals surface area contributed by atoms with E-state index in [9.17, 15) is 9.18 Å². The summed E-state index contributed by atoms with van der Waals surface area (Å²) in [6.45, 7) is 3.20. The molecular weight excluding hydrogens is 333 g/mol. The Kier molecular flexibility index (Phi) is 5.73. The fourth-order valence-corrected chi connectivity index (χ4v) is 2.91. The van der Waals surface area contributed by atoms with Crippen LogP contribution in [0.1, 0.15) is 11.3 Å². The molecule has 0 fully saturated rings. The van der Waals surface area contributed by atoms with Crippen LogP contribution < -0.4 is 15.4 Å². The molecule has 0 saturated heterocycles. The minimum absolute atomic E-state index is 0.245. The van der Waals surface area contributed by atoms with E-state index < -0.39 is 0 Å². The maximum atomic E-state index is 13.0. The summed E-state index contributed by atoms with van der Waals surface area (Å²) in [4.78, 5) is 15.2. The number of urea groups is 1. The molecular formula is C20H22FN3O2. The molecule has 6 heteroatoms. The first kappa shape index (κ1) is 17.8. The molecule has 3 N–H and O–H groups in total. The van der Waals surface area contributed by atoms with E-state index in [1.807, 2.05) is 25.1 Å². The van der Waals surface area contributed by atoms with Gasteiger partial charge in [-0.3, -0.25) is 0 Å². The first-order valence-electron chi connectivity index (χ1n) is 8.60. The fraction of sp³-hybridized carbons (Fsp3) is 0.250. The standard InChI is InChI=1S/C20H22FN3O2/c1-14-17(18-7-2-3-8-19(18)24-14)9-10-22-20(25)23-11-12-26-16-6-4-5-15(21)13-16/h2-8,13,24H,9-12H2,1H3,(H2,22,23,25). The predicted molar refractivity (Wildman–Crippen MR) is 100 cm³/mol.